The predicted octanol–water partition coefficient (Wildman–Crippen LogP) is -0.165. The Morgan fingerprint density at radius 2 is 2.33 bits per heavy atom. The van der Waals surface area contributed by atoms with Gasteiger partial charge in [0.05, 0.1) is 17.5 Å². The van der Waals surface area contributed by atoms with Crippen LogP contribution < -0.4 is 5.73 Å². The van der Waals surface area contributed by atoms with Crippen molar-refractivity contribution in [3.05, 3.63) is 11.9 Å². The molecule has 0 spiro atoms. The van der Waals surface area contributed by atoms with Gasteiger partial charge in [-0.25, -0.2) is 0 Å². The Morgan fingerprint density at radius 3 is 2.73 bits per heavy atom. The van der Waals surface area contributed by atoms with Gasteiger partial charge >= 0.3 is 0 Å². The van der Waals surface area contributed by atoms with Crippen molar-refractivity contribution >= 4 is 11.6 Å². The van der Waals surface area contributed by atoms with Gasteiger partial charge in [0.1, 0.15) is 5.69 Å². The number of anilines is 1. The van der Waals surface area contributed by atoms with Gasteiger partial charge in [0.25, 0.3) is 5.91 Å². The summed E-state index contributed by atoms with van der Waals surface area (Å²) in [7, 11) is 1.60. The minimum absolute atomic E-state index is 0.226. The third-order valence-electron chi connectivity index (χ3n) is 1.85. The Balaban J connectivity index is 2.74. The maximum Gasteiger partial charge on any atom is 0.273 e. The van der Waals surface area contributed by atoms with E-state index >= 15 is 0 Å². The number of H-pyrrole nitrogens is 1. The number of nitrogens with zero attached hydrogens (tertiary/aromatic N) is 2. The largest absolute Gasteiger partial charge is 0.396 e. The normalized spacial score (nSPS) is 11.5. The molecule has 0 aliphatic heterocycles. The number of nitrogen functional groups attached to an aromatic ring is 1. The van der Waals surface area contributed by atoms with Gasteiger partial charge in [-0.1, -0.05) is 0 Å². The number of carbonyl (C=O) groups is 1. The van der Waals surface area contributed by atoms with Crippen LogP contribution in [0.25, 0.3) is 0 Å². The van der Waals surface area contributed by atoms with Gasteiger partial charge in [-0.05, 0) is 13.8 Å². The van der Waals surface area contributed by atoms with E-state index in [1.807, 2.05) is 0 Å². The minimum atomic E-state index is -0.931. The highest BCUT2D eigenvalue weighted by molar-refractivity contribution is 5.96. The summed E-state index contributed by atoms with van der Waals surface area (Å²) in [5.74, 6) is -0.285. The first-order valence-corrected chi connectivity index (χ1v) is 4.58. The first-order valence-electron chi connectivity index (χ1n) is 4.58. The van der Waals surface area contributed by atoms with Crippen LogP contribution in [-0.4, -0.2) is 45.3 Å². The zero-order valence-electron chi connectivity index (χ0n) is 9.11. The highest BCUT2D eigenvalue weighted by Crippen LogP contribution is 2.11. The van der Waals surface area contributed by atoms with E-state index in [2.05, 4.69) is 10.2 Å². The number of amides is 1. The van der Waals surface area contributed by atoms with E-state index in [1.54, 1.807) is 20.9 Å². The van der Waals surface area contributed by atoms with Crippen LogP contribution in [0.5, 0.6) is 0 Å². The number of hydrogen-bond donors (Lipinski definition) is 3. The molecule has 4 N–H and O–H groups in total. The Hall–Kier alpha value is -1.56. The summed E-state index contributed by atoms with van der Waals surface area (Å²) in [6.07, 6.45) is 1.38. The van der Waals surface area contributed by atoms with Gasteiger partial charge in [0.15, 0.2) is 0 Å². The van der Waals surface area contributed by atoms with Gasteiger partial charge in [-0.15, -0.1) is 0 Å². The second kappa shape index (κ2) is 3.90. The fourth-order valence-corrected chi connectivity index (χ4v) is 1.31. The van der Waals surface area contributed by atoms with Crippen molar-refractivity contribution in [3.63, 3.8) is 0 Å². The van der Waals surface area contributed by atoms with Crippen molar-refractivity contribution in [1.29, 1.82) is 0 Å². The number of hydrogen-bond acceptors (Lipinski definition) is 4. The topological polar surface area (TPSA) is 95.2 Å². The van der Waals surface area contributed by atoms with E-state index in [0.29, 0.717) is 5.69 Å². The van der Waals surface area contributed by atoms with Gasteiger partial charge in [0.2, 0.25) is 0 Å². The molecular weight excluding hydrogens is 196 g/mol. The van der Waals surface area contributed by atoms with Crippen molar-refractivity contribution in [3.8, 4) is 0 Å². The third kappa shape index (κ3) is 2.95. The quantitative estimate of drug-likeness (QED) is 0.648. The highest BCUT2D eigenvalue weighted by atomic mass is 16.3. The summed E-state index contributed by atoms with van der Waals surface area (Å²) in [5.41, 5.74) is 5.17. The van der Waals surface area contributed by atoms with E-state index in [4.69, 9.17) is 5.73 Å². The molecule has 0 atom stereocenters. The molecule has 0 aliphatic rings. The number of carbonyl (C=O) groups excluding carboxylic acids is 1. The molecule has 0 radical (unpaired) electrons. The van der Waals surface area contributed by atoms with Crippen LogP contribution >= 0.6 is 0 Å². The molecule has 84 valence electrons. The molecule has 6 heteroatoms. The fraction of sp³-hybridized carbons (Fsp3) is 0.556. The van der Waals surface area contributed by atoms with Crippen LogP contribution in [0.1, 0.15) is 24.3 Å². The maximum atomic E-state index is 11.8. The van der Waals surface area contributed by atoms with Crippen molar-refractivity contribution < 1.29 is 9.90 Å². The van der Waals surface area contributed by atoms with Crippen LogP contribution in [0.15, 0.2) is 6.20 Å². The summed E-state index contributed by atoms with van der Waals surface area (Å²) in [6, 6.07) is 0. The second-order valence-corrected chi connectivity index (χ2v) is 4.17. The van der Waals surface area contributed by atoms with Gasteiger partial charge < -0.3 is 15.7 Å². The van der Waals surface area contributed by atoms with Crippen LogP contribution in [0.2, 0.25) is 0 Å². The van der Waals surface area contributed by atoms with Crippen LogP contribution in [-0.2, 0) is 0 Å². The maximum absolute atomic E-state index is 11.8. The Labute approximate surface area is 88.1 Å². The molecular formula is C9H16N4O2. The summed E-state index contributed by atoms with van der Waals surface area (Å²) in [6.45, 7) is 3.49. The van der Waals surface area contributed by atoms with Crippen LogP contribution in [0.3, 0.4) is 0 Å². The summed E-state index contributed by atoms with van der Waals surface area (Å²) in [5, 5.41) is 15.7. The zero-order valence-corrected chi connectivity index (χ0v) is 9.11. The molecule has 0 saturated heterocycles. The number of nitrogens with one attached hydrogen (secondary N) is 1. The molecule has 1 heterocycles. The first-order chi connectivity index (χ1) is 6.81. The second-order valence-electron chi connectivity index (χ2n) is 4.17. The molecule has 0 bridgehead atoms. The van der Waals surface area contributed by atoms with Gasteiger partial charge in [-0.2, -0.15) is 5.10 Å². The average molecular weight is 212 g/mol. The molecule has 1 rings (SSSR count). The average Bonchev–Trinajstić information content (AvgIpc) is 2.47. The molecule has 1 amide bonds. The molecule has 1 aromatic heterocycles. The van der Waals surface area contributed by atoms with Crippen molar-refractivity contribution in [2.75, 3.05) is 19.3 Å². The molecule has 0 saturated carbocycles. The molecule has 15 heavy (non-hydrogen) atoms. The Morgan fingerprint density at radius 1 is 1.73 bits per heavy atom. The number of aliphatic hydroxyl groups is 1. The number of likely N-dealkylation sites (N-methyl/N-ethyl adjacent to an activating group) is 1. The lowest BCUT2D eigenvalue weighted by atomic mass is 10.1. The fourth-order valence-electron chi connectivity index (χ4n) is 1.31. The number of aromatic nitrogens is 2. The summed E-state index contributed by atoms with van der Waals surface area (Å²) in [4.78, 5) is 13.2. The lowest BCUT2D eigenvalue weighted by Crippen LogP contribution is -2.40. The molecule has 0 aliphatic carbocycles. The lowest BCUT2D eigenvalue weighted by Gasteiger charge is -2.25. The standard InChI is InChI=1S/C9H16N4O2/c1-9(2,15)5-13(3)8(14)7-6(10)4-11-12-7/h4,15H,5,10H2,1-3H3,(H,11,12). The Bertz CT molecular complexity index is 353. The van der Waals surface area contributed by atoms with Crippen LogP contribution in [0.4, 0.5) is 5.69 Å². The summed E-state index contributed by atoms with van der Waals surface area (Å²) < 4.78 is 0. The monoisotopic (exact) mass is 212 g/mol. The van der Waals surface area contributed by atoms with Crippen LogP contribution in [0, 0.1) is 0 Å². The van der Waals surface area contributed by atoms with Crippen molar-refractivity contribution in [2.45, 2.75) is 19.4 Å². The minimum Gasteiger partial charge on any atom is -0.396 e. The highest BCUT2D eigenvalue weighted by Gasteiger charge is 2.22. The number of rotatable bonds is 3. The van der Waals surface area contributed by atoms with Crippen molar-refractivity contribution in [1.82, 2.24) is 15.1 Å². The summed E-state index contributed by atoms with van der Waals surface area (Å²) >= 11 is 0. The molecule has 1 aromatic rings. The van der Waals surface area contributed by atoms with E-state index < -0.39 is 5.60 Å². The smallest absolute Gasteiger partial charge is 0.273 e. The van der Waals surface area contributed by atoms with Gasteiger partial charge in [0, 0.05) is 13.6 Å². The third-order valence-corrected chi connectivity index (χ3v) is 1.85. The Kier molecular flexibility index (Phi) is 2.99. The van der Waals surface area contributed by atoms with E-state index in [9.17, 15) is 9.90 Å². The van der Waals surface area contributed by atoms with E-state index in [0.717, 1.165) is 0 Å². The predicted molar refractivity (Wildman–Crippen MR) is 56.3 cm³/mol. The SMILES string of the molecule is CN(CC(C)(C)O)C(=O)c1[nH]ncc1N. The van der Waals surface area contributed by atoms with E-state index in [1.165, 1.54) is 11.1 Å². The molecule has 0 unspecified atom stereocenters. The van der Waals surface area contributed by atoms with E-state index in [-0.39, 0.29) is 18.1 Å². The van der Waals surface area contributed by atoms with Crippen molar-refractivity contribution in [2.24, 2.45) is 0 Å². The zero-order chi connectivity index (χ0) is 11.6. The lowest BCUT2D eigenvalue weighted by molar-refractivity contribution is 0.0365. The molecule has 6 nitrogen and oxygen atoms in total. The molecule has 0 fully saturated rings. The number of nitrogens with two attached hydrogens (primary N) is 1. The van der Waals surface area contributed by atoms with Gasteiger partial charge in [-0.3, -0.25) is 9.89 Å². The first kappa shape index (κ1) is 11.5. The number of aromatic amines is 1. The molecule has 0 aromatic carbocycles.